The second-order valence-electron chi connectivity index (χ2n) is 4.15. The maximum absolute atomic E-state index is 11.7. The molecule has 0 N–H and O–H groups in total. The molecule has 2 aromatic carbocycles. The molecule has 98 valence electrons. The summed E-state index contributed by atoms with van der Waals surface area (Å²) in [6, 6.07) is 10.1. The average Bonchev–Trinajstić information content (AvgIpc) is 2.38. The van der Waals surface area contributed by atoms with Gasteiger partial charge in [-0.2, -0.15) is 0 Å². The van der Waals surface area contributed by atoms with Crippen molar-refractivity contribution in [1.29, 1.82) is 0 Å². The van der Waals surface area contributed by atoms with Crippen LogP contribution in [0.15, 0.2) is 41.3 Å². The third-order valence-corrected chi connectivity index (χ3v) is 3.74. The van der Waals surface area contributed by atoms with Gasteiger partial charge in [0.25, 0.3) is 10.9 Å². The molecule has 0 atom stereocenters. The molecule has 6 heteroatoms. The van der Waals surface area contributed by atoms with E-state index in [-0.39, 0.29) is 10.9 Å². The lowest BCUT2D eigenvalue weighted by Crippen LogP contribution is -2.16. The fourth-order valence-corrected chi connectivity index (χ4v) is 2.48. The van der Waals surface area contributed by atoms with Crippen LogP contribution >= 0.6 is 11.8 Å². The van der Waals surface area contributed by atoms with E-state index in [2.05, 4.69) is 0 Å². The fraction of sp³-hybridized carbons (Fsp3) is 0.154. The van der Waals surface area contributed by atoms with Crippen LogP contribution in [0.1, 0.15) is 0 Å². The van der Waals surface area contributed by atoms with Crippen LogP contribution in [0.5, 0.6) is 0 Å². The fourth-order valence-electron chi connectivity index (χ4n) is 1.69. The molecule has 0 radical (unpaired) electrons. The minimum atomic E-state index is -0.412. The molecule has 2 rings (SSSR count). The molecule has 0 aliphatic carbocycles. The standard InChI is InChI=1S/C13H12N2O3S/c1-14(2)13(16)19-12-8-7-11(15(17)18)9-5-3-4-6-10(9)12/h3-8H,1-2H3. The first-order valence-corrected chi connectivity index (χ1v) is 6.37. The van der Waals surface area contributed by atoms with Gasteiger partial charge in [0.2, 0.25) is 0 Å². The largest absolute Gasteiger partial charge is 0.339 e. The summed E-state index contributed by atoms with van der Waals surface area (Å²) in [5.41, 5.74) is 0.0530. The predicted molar refractivity (Wildman–Crippen MR) is 75.5 cm³/mol. The van der Waals surface area contributed by atoms with Crippen molar-refractivity contribution in [3.63, 3.8) is 0 Å². The van der Waals surface area contributed by atoms with Crippen LogP contribution in [0.4, 0.5) is 10.5 Å². The van der Waals surface area contributed by atoms with Crippen LogP contribution in [0, 0.1) is 10.1 Å². The Morgan fingerprint density at radius 1 is 1.16 bits per heavy atom. The third-order valence-electron chi connectivity index (χ3n) is 2.62. The molecule has 0 unspecified atom stereocenters. The molecule has 0 spiro atoms. The Hall–Kier alpha value is -2.08. The van der Waals surface area contributed by atoms with Crippen molar-refractivity contribution in [3.8, 4) is 0 Å². The molecule has 0 heterocycles. The number of benzene rings is 2. The summed E-state index contributed by atoms with van der Waals surface area (Å²) in [7, 11) is 3.34. The van der Waals surface area contributed by atoms with Crippen LogP contribution < -0.4 is 0 Å². The highest BCUT2D eigenvalue weighted by molar-refractivity contribution is 8.13. The number of hydrogen-bond acceptors (Lipinski definition) is 4. The van der Waals surface area contributed by atoms with Gasteiger partial charge in [0.15, 0.2) is 0 Å². The van der Waals surface area contributed by atoms with Crippen LogP contribution in [0.2, 0.25) is 0 Å². The minimum Gasteiger partial charge on any atom is -0.339 e. The summed E-state index contributed by atoms with van der Waals surface area (Å²) in [6.45, 7) is 0. The highest BCUT2D eigenvalue weighted by atomic mass is 32.2. The Labute approximate surface area is 114 Å². The Morgan fingerprint density at radius 2 is 1.79 bits per heavy atom. The second kappa shape index (κ2) is 5.27. The summed E-state index contributed by atoms with van der Waals surface area (Å²) in [4.78, 5) is 24.5. The molecule has 2 aromatic rings. The van der Waals surface area contributed by atoms with Gasteiger partial charge >= 0.3 is 0 Å². The van der Waals surface area contributed by atoms with Gasteiger partial charge < -0.3 is 4.90 Å². The van der Waals surface area contributed by atoms with Crippen molar-refractivity contribution in [3.05, 3.63) is 46.5 Å². The predicted octanol–water partition coefficient (Wildman–Crippen LogP) is 3.52. The van der Waals surface area contributed by atoms with Crippen LogP contribution in [-0.2, 0) is 0 Å². The molecule has 0 fully saturated rings. The van der Waals surface area contributed by atoms with E-state index in [0.717, 1.165) is 22.0 Å². The van der Waals surface area contributed by atoms with Crippen molar-refractivity contribution in [2.45, 2.75) is 4.90 Å². The second-order valence-corrected chi connectivity index (χ2v) is 5.14. The first kappa shape index (κ1) is 13.4. The molecule has 0 saturated carbocycles. The minimum absolute atomic E-state index is 0.0530. The molecule has 5 nitrogen and oxygen atoms in total. The Kier molecular flexibility index (Phi) is 3.71. The van der Waals surface area contributed by atoms with E-state index in [0.29, 0.717) is 5.39 Å². The van der Waals surface area contributed by atoms with E-state index in [1.54, 1.807) is 44.4 Å². The lowest BCUT2D eigenvalue weighted by atomic mass is 10.1. The van der Waals surface area contributed by atoms with Gasteiger partial charge in [-0.3, -0.25) is 14.9 Å². The quantitative estimate of drug-likeness (QED) is 0.478. The molecule has 1 amide bonds. The number of nitro groups is 1. The van der Waals surface area contributed by atoms with Crippen LogP contribution in [-0.4, -0.2) is 29.2 Å². The third kappa shape index (κ3) is 2.68. The first-order valence-electron chi connectivity index (χ1n) is 5.56. The summed E-state index contributed by atoms with van der Waals surface area (Å²) in [5.74, 6) is 0. The Bertz CT molecular complexity index is 655. The Morgan fingerprint density at radius 3 is 2.37 bits per heavy atom. The Balaban J connectivity index is 2.56. The van der Waals surface area contributed by atoms with Crippen molar-refractivity contribution >= 4 is 33.5 Å². The number of carbonyl (C=O) groups excluding carboxylic acids is 1. The molecule has 0 aromatic heterocycles. The number of rotatable bonds is 2. The number of nitro benzene ring substituents is 1. The average molecular weight is 276 g/mol. The number of carbonyl (C=O) groups is 1. The SMILES string of the molecule is CN(C)C(=O)Sc1ccc([N+](=O)[O-])c2ccccc12. The highest BCUT2D eigenvalue weighted by Crippen LogP contribution is 2.34. The van der Waals surface area contributed by atoms with Crippen LogP contribution in [0.25, 0.3) is 10.8 Å². The lowest BCUT2D eigenvalue weighted by Gasteiger charge is -2.10. The zero-order chi connectivity index (χ0) is 14.0. The smallest absolute Gasteiger partial charge is 0.285 e. The van der Waals surface area contributed by atoms with Gasteiger partial charge in [-0.05, 0) is 23.9 Å². The monoisotopic (exact) mass is 276 g/mol. The number of non-ortho nitro benzene ring substituents is 1. The first-order chi connectivity index (χ1) is 9.00. The van der Waals surface area contributed by atoms with E-state index in [1.165, 1.54) is 11.0 Å². The summed E-state index contributed by atoms with van der Waals surface area (Å²) in [5, 5.41) is 12.1. The van der Waals surface area contributed by atoms with E-state index >= 15 is 0 Å². The van der Waals surface area contributed by atoms with Crippen molar-refractivity contribution in [2.24, 2.45) is 0 Å². The van der Waals surface area contributed by atoms with Gasteiger partial charge in [0.05, 0.1) is 10.3 Å². The van der Waals surface area contributed by atoms with E-state index < -0.39 is 4.92 Å². The van der Waals surface area contributed by atoms with Crippen molar-refractivity contribution < 1.29 is 9.72 Å². The summed E-state index contributed by atoms with van der Waals surface area (Å²) >= 11 is 1.07. The topological polar surface area (TPSA) is 63.5 Å². The molecule has 0 saturated heterocycles. The molecule has 19 heavy (non-hydrogen) atoms. The van der Waals surface area contributed by atoms with Crippen molar-refractivity contribution in [2.75, 3.05) is 14.1 Å². The zero-order valence-electron chi connectivity index (χ0n) is 10.5. The van der Waals surface area contributed by atoms with Gasteiger partial charge in [0.1, 0.15) is 0 Å². The molecule has 0 bridgehead atoms. The van der Waals surface area contributed by atoms with Gasteiger partial charge in [-0.15, -0.1) is 0 Å². The molecule has 0 aliphatic rings. The van der Waals surface area contributed by atoms with Gasteiger partial charge in [-0.25, -0.2) is 0 Å². The van der Waals surface area contributed by atoms with E-state index in [4.69, 9.17) is 0 Å². The van der Waals surface area contributed by atoms with Crippen molar-refractivity contribution in [1.82, 2.24) is 4.90 Å². The number of fused-ring (bicyclic) bond motifs is 1. The van der Waals surface area contributed by atoms with E-state index in [9.17, 15) is 14.9 Å². The van der Waals surface area contributed by atoms with Gasteiger partial charge in [0, 0.05) is 30.4 Å². The van der Waals surface area contributed by atoms with E-state index in [1.807, 2.05) is 0 Å². The number of nitrogens with zero attached hydrogens (tertiary/aromatic N) is 2. The maximum Gasteiger partial charge on any atom is 0.285 e. The van der Waals surface area contributed by atoms with Crippen LogP contribution in [0.3, 0.4) is 0 Å². The summed E-state index contributed by atoms with van der Waals surface area (Å²) in [6.07, 6.45) is 0. The highest BCUT2D eigenvalue weighted by Gasteiger charge is 2.16. The molecular weight excluding hydrogens is 264 g/mol. The molecular formula is C13H12N2O3S. The molecule has 0 aliphatic heterocycles. The maximum atomic E-state index is 11.7. The number of amides is 1. The van der Waals surface area contributed by atoms with Gasteiger partial charge in [-0.1, -0.05) is 18.2 Å². The summed E-state index contributed by atoms with van der Waals surface area (Å²) < 4.78 is 0. The normalized spacial score (nSPS) is 10.4. The number of hydrogen-bond donors (Lipinski definition) is 0. The zero-order valence-corrected chi connectivity index (χ0v) is 11.3. The lowest BCUT2D eigenvalue weighted by molar-refractivity contribution is -0.383. The number of thioether (sulfide) groups is 1.